The second kappa shape index (κ2) is 7.02. The molecule has 1 aliphatic rings. The number of hydrogen-bond donors (Lipinski definition) is 1. The Bertz CT molecular complexity index is 598. The van der Waals surface area contributed by atoms with E-state index < -0.39 is 0 Å². The average Bonchev–Trinajstić information content (AvgIpc) is 3.21. The van der Waals surface area contributed by atoms with Gasteiger partial charge >= 0.3 is 0 Å². The van der Waals surface area contributed by atoms with E-state index in [0.717, 1.165) is 23.4 Å². The number of carbonyl (C=O) groups excluding carboxylic acids is 1. The second-order valence-corrected chi connectivity index (χ2v) is 5.92. The lowest BCUT2D eigenvalue weighted by Gasteiger charge is -2.21. The standard InChI is InChI=1S/C15H17N3OS.ClH/c16-8-14-17-13(10-20-14)15(19)18(12-6-7-12)9-11-4-2-1-3-5-11;/h1-5,10,12H,6-9,16H2;1H. The summed E-state index contributed by atoms with van der Waals surface area (Å²) in [7, 11) is 0. The van der Waals surface area contributed by atoms with Crippen LogP contribution in [0.5, 0.6) is 0 Å². The minimum absolute atomic E-state index is 0. The van der Waals surface area contributed by atoms with Crippen molar-refractivity contribution in [2.24, 2.45) is 5.73 Å². The zero-order valence-corrected chi connectivity index (χ0v) is 13.2. The van der Waals surface area contributed by atoms with Crippen molar-refractivity contribution in [1.29, 1.82) is 0 Å². The van der Waals surface area contributed by atoms with Crippen LogP contribution in [0.15, 0.2) is 35.7 Å². The van der Waals surface area contributed by atoms with Crippen LogP contribution in [-0.4, -0.2) is 21.8 Å². The number of halogens is 1. The van der Waals surface area contributed by atoms with Crippen LogP contribution in [0.3, 0.4) is 0 Å². The molecule has 0 radical (unpaired) electrons. The van der Waals surface area contributed by atoms with Crippen LogP contribution >= 0.6 is 23.7 Å². The zero-order valence-electron chi connectivity index (χ0n) is 11.6. The van der Waals surface area contributed by atoms with Crippen molar-refractivity contribution in [3.63, 3.8) is 0 Å². The number of hydrogen-bond acceptors (Lipinski definition) is 4. The van der Waals surface area contributed by atoms with E-state index in [2.05, 4.69) is 17.1 Å². The number of nitrogens with two attached hydrogens (primary N) is 1. The van der Waals surface area contributed by atoms with E-state index in [1.165, 1.54) is 11.3 Å². The molecule has 1 saturated carbocycles. The highest BCUT2D eigenvalue weighted by molar-refractivity contribution is 7.09. The predicted octanol–water partition coefficient (Wildman–Crippen LogP) is 2.83. The fourth-order valence-electron chi connectivity index (χ4n) is 2.18. The third-order valence-corrected chi connectivity index (χ3v) is 4.26. The summed E-state index contributed by atoms with van der Waals surface area (Å²) >= 11 is 1.45. The molecule has 0 bridgehead atoms. The van der Waals surface area contributed by atoms with Crippen molar-refractivity contribution in [3.8, 4) is 0 Å². The smallest absolute Gasteiger partial charge is 0.273 e. The lowest BCUT2D eigenvalue weighted by molar-refractivity contribution is 0.0724. The van der Waals surface area contributed by atoms with Gasteiger partial charge in [0, 0.05) is 24.5 Å². The number of thiazole rings is 1. The first kappa shape index (κ1) is 15.9. The molecule has 0 unspecified atom stereocenters. The van der Waals surface area contributed by atoms with E-state index in [0.29, 0.717) is 24.8 Å². The third kappa shape index (κ3) is 3.81. The van der Waals surface area contributed by atoms with Crippen molar-refractivity contribution in [2.45, 2.75) is 32.0 Å². The molecule has 6 heteroatoms. The fourth-order valence-corrected chi connectivity index (χ4v) is 2.83. The van der Waals surface area contributed by atoms with Crippen molar-refractivity contribution in [3.05, 3.63) is 52.0 Å². The highest BCUT2D eigenvalue weighted by Crippen LogP contribution is 2.30. The number of nitrogens with zero attached hydrogens (tertiary/aromatic N) is 2. The lowest BCUT2D eigenvalue weighted by atomic mass is 10.2. The molecule has 1 aromatic heterocycles. The molecular weight excluding hydrogens is 306 g/mol. The molecule has 3 rings (SSSR count). The van der Waals surface area contributed by atoms with Crippen LogP contribution in [0.2, 0.25) is 0 Å². The van der Waals surface area contributed by atoms with E-state index in [1.807, 2.05) is 28.5 Å². The summed E-state index contributed by atoms with van der Waals surface area (Å²) < 4.78 is 0. The molecule has 21 heavy (non-hydrogen) atoms. The Balaban J connectivity index is 0.00000161. The maximum Gasteiger partial charge on any atom is 0.273 e. The lowest BCUT2D eigenvalue weighted by Crippen LogP contribution is -2.32. The normalized spacial score (nSPS) is 13.6. The first-order valence-corrected chi connectivity index (χ1v) is 7.65. The largest absolute Gasteiger partial charge is 0.330 e. The van der Waals surface area contributed by atoms with Gasteiger partial charge in [0.25, 0.3) is 5.91 Å². The second-order valence-electron chi connectivity index (χ2n) is 4.98. The van der Waals surface area contributed by atoms with Gasteiger partial charge in [-0.3, -0.25) is 4.79 Å². The number of carbonyl (C=O) groups is 1. The van der Waals surface area contributed by atoms with Gasteiger partial charge in [0.2, 0.25) is 0 Å². The minimum Gasteiger partial charge on any atom is -0.330 e. The number of amides is 1. The SMILES string of the molecule is Cl.NCc1nc(C(=O)N(Cc2ccccc2)C2CC2)cs1. The van der Waals surface area contributed by atoms with Gasteiger partial charge in [-0.2, -0.15) is 0 Å². The van der Waals surface area contributed by atoms with Gasteiger partial charge in [-0.25, -0.2) is 4.98 Å². The molecule has 1 aliphatic carbocycles. The van der Waals surface area contributed by atoms with Gasteiger partial charge in [0.1, 0.15) is 10.7 Å². The molecule has 1 aromatic carbocycles. The maximum absolute atomic E-state index is 12.6. The Kier molecular flexibility index (Phi) is 5.33. The first-order chi connectivity index (χ1) is 9.78. The highest BCUT2D eigenvalue weighted by atomic mass is 35.5. The Morgan fingerprint density at radius 2 is 2.05 bits per heavy atom. The van der Waals surface area contributed by atoms with E-state index >= 15 is 0 Å². The molecule has 2 N–H and O–H groups in total. The maximum atomic E-state index is 12.6. The zero-order chi connectivity index (χ0) is 13.9. The monoisotopic (exact) mass is 323 g/mol. The number of benzene rings is 1. The third-order valence-electron chi connectivity index (χ3n) is 3.39. The fraction of sp³-hybridized carbons (Fsp3) is 0.333. The molecule has 4 nitrogen and oxygen atoms in total. The summed E-state index contributed by atoms with van der Waals surface area (Å²) in [6, 6.07) is 10.5. The molecule has 0 spiro atoms. The number of aromatic nitrogens is 1. The first-order valence-electron chi connectivity index (χ1n) is 6.77. The van der Waals surface area contributed by atoms with Crippen LogP contribution in [0.25, 0.3) is 0 Å². The van der Waals surface area contributed by atoms with Crippen molar-refractivity contribution in [1.82, 2.24) is 9.88 Å². The summed E-state index contributed by atoms with van der Waals surface area (Å²) in [5.74, 6) is 0.0207. The van der Waals surface area contributed by atoms with Crippen LogP contribution in [0, 0.1) is 0 Å². The molecule has 0 atom stereocenters. The molecule has 112 valence electrons. The van der Waals surface area contributed by atoms with E-state index in [1.54, 1.807) is 0 Å². The Labute approximate surface area is 134 Å². The molecule has 0 aliphatic heterocycles. The van der Waals surface area contributed by atoms with Crippen molar-refractivity contribution < 1.29 is 4.79 Å². The molecule has 0 saturated heterocycles. The van der Waals surface area contributed by atoms with Gasteiger partial charge in [-0.05, 0) is 18.4 Å². The molecule has 1 amide bonds. The van der Waals surface area contributed by atoms with Crippen LogP contribution in [-0.2, 0) is 13.1 Å². The molecular formula is C15H18ClN3OS. The Morgan fingerprint density at radius 3 is 2.62 bits per heavy atom. The summed E-state index contributed by atoms with van der Waals surface area (Å²) in [6.07, 6.45) is 2.18. The van der Waals surface area contributed by atoms with Gasteiger partial charge in [-0.1, -0.05) is 30.3 Å². The summed E-state index contributed by atoms with van der Waals surface area (Å²) in [6.45, 7) is 1.04. The Hall–Kier alpha value is -1.43. The van der Waals surface area contributed by atoms with E-state index in [9.17, 15) is 4.79 Å². The summed E-state index contributed by atoms with van der Waals surface area (Å²) in [5, 5.41) is 2.62. The number of rotatable bonds is 5. The topological polar surface area (TPSA) is 59.2 Å². The summed E-state index contributed by atoms with van der Waals surface area (Å²) in [4.78, 5) is 18.8. The van der Waals surface area contributed by atoms with Crippen LogP contribution in [0.1, 0.15) is 33.9 Å². The van der Waals surface area contributed by atoms with Crippen molar-refractivity contribution in [2.75, 3.05) is 0 Å². The quantitative estimate of drug-likeness (QED) is 0.920. The van der Waals surface area contributed by atoms with E-state index in [4.69, 9.17) is 5.73 Å². The predicted molar refractivity (Wildman–Crippen MR) is 86.6 cm³/mol. The summed E-state index contributed by atoms with van der Waals surface area (Å²) in [5.41, 5.74) is 7.24. The average molecular weight is 324 g/mol. The molecule has 1 heterocycles. The van der Waals surface area contributed by atoms with Gasteiger partial charge < -0.3 is 10.6 Å². The minimum atomic E-state index is 0. The molecule has 2 aromatic rings. The molecule has 1 fully saturated rings. The van der Waals surface area contributed by atoms with Gasteiger partial charge in [-0.15, -0.1) is 23.7 Å². The van der Waals surface area contributed by atoms with Crippen molar-refractivity contribution >= 4 is 29.7 Å². The highest BCUT2D eigenvalue weighted by Gasteiger charge is 2.33. The van der Waals surface area contributed by atoms with Crippen LogP contribution in [0.4, 0.5) is 0 Å². The van der Waals surface area contributed by atoms with Gasteiger partial charge in [0.05, 0.1) is 0 Å². The Morgan fingerprint density at radius 1 is 1.33 bits per heavy atom. The van der Waals surface area contributed by atoms with Crippen LogP contribution < -0.4 is 5.73 Å². The van der Waals surface area contributed by atoms with E-state index in [-0.39, 0.29) is 18.3 Å². The van der Waals surface area contributed by atoms with Gasteiger partial charge in [0.15, 0.2) is 0 Å².